The van der Waals surface area contributed by atoms with Crippen molar-refractivity contribution in [2.75, 3.05) is 0 Å². The van der Waals surface area contributed by atoms with Gasteiger partial charge in [-0.2, -0.15) is 5.10 Å². The van der Waals surface area contributed by atoms with Gasteiger partial charge in [0.25, 0.3) is 0 Å². The maximum atomic E-state index is 6.58. The van der Waals surface area contributed by atoms with Gasteiger partial charge in [-0.1, -0.05) is 86.1 Å². The van der Waals surface area contributed by atoms with Crippen molar-refractivity contribution in [3.05, 3.63) is 157 Å². The molecule has 3 heterocycles. The Kier molecular flexibility index (Phi) is 7.58. The lowest BCUT2D eigenvalue weighted by Crippen LogP contribution is -2.00. The van der Waals surface area contributed by atoms with Crippen LogP contribution in [0.2, 0.25) is 0 Å². The molecule has 5 nitrogen and oxygen atoms in total. The number of pyridine rings is 1. The summed E-state index contributed by atoms with van der Waals surface area (Å²) in [6, 6.07) is 46.5. The van der Waals surface area contributed by atoms with Gasteiger partial charge in [0, 0.05) is 40.4 Å². The lowest BCUT2D eigenvalue weighted by Gasteiger charge is -2.11. The van der Waals surface area contributed by atoms with Gasteiger partial charge in [0.2, 0.25) is 0 Å². The molecule has 234 valence electrons. The first-order valence-corrected chi connectivity index (χ1v) is 16.6. The highest BCUT2D eigenvalue weighted by molar-refractivity contribution is 6.10. The van der Waals surface area contributed by atoms with Crippen molar-refractivity contribution in [1.82, 2.24) is 19.3 Å². The SMILES string of the molecule is CCCc1ccnc(-n2c3ccc(-c4ccccc4)cc3c3ccc(Oc4cccc(-n5nc(C)c(-c6ccccc6)c5C)c4)cc32)c1. The second kappa shape index (κ2) is 12.3. The van der Waals surface area contributed by atoms with Crippen LogP contribution in [-0.4, -0.2) is 19.3 Å². The fourth-order valence-electron chi connectivity index (χ4n) is 6.88. The van der Waals surface area contributed by atoms with Gasteiger partial charge in [0.05, 0.1) is 22.4 Å². The highest BCUT2D eigenvalue weighted by atomic mass is 16.5. The molecular weight excluding hydrogens is 589 g/mol. The molecule has 8 aromatic rings. The summed E-state index contributed by atoms with van der Waals surface area (Å²) >= 11 is 0. The number of aryl methyl sites for hydroxylation is 2. The molecule has 0 unspecified atom stereocenters. The zero-order chi connectivity index (χ0) is 32.6. The normalized spacial score (nSPS) is 11.4. The van der Waals surface area contributed by atoms with Crippen molar-refractivity contribution in [2.24, 2.45) is 0 Å². The van der Waals surface area contributed by atoms with Crippen LogP contribution in [0.1, 0.15) is 30.3 Å². The van der Waals surface area contributed by atoms with Gasteiger partial charge in [-0.05, 0) is 91.1 Å². The molecule has 5 aromatic carbocycles. The van der Waals surface area contributed by atoms with E-state index in [0.29, 0.717) is 0 Å². The maximum absolute atomic E-state index is 6.58. The Morgan fingerprint density at radius 1 is 0.625 bits per heavy atom. The molecule has 0 amide bonds. The quantitative estimate of drug-likeness (QED) is 0.169. The van der Waals surface area contributed by atoms with Gasteiger partial charge in [-0.3, -0.25) is 4.57 Å². The minimum absolute atomic E-state index is 0.748. The molecule has 0 N–H and O–H groups in total. The van der Waals surface area contributed by atoms with Crippen LogP contribution in [0.15, 0.2) is 140 Å². The average molecular weight is 625 g/mol. The zero-order valence-corrected chi connectivity index (χ0v) is 27.4. The van der Waals surface area contributed by atoms with Crippen molar-refractivity contribution in [1.29, 1.82) is 0 Å². The molecule has 0 bridgehead atoms. The zero-order valence-electron chi connectivity index (χ0n) is 27.4. The topological polar surface area (TPSA) is 44.9 Å². The van der Waals surface area contributed by atoms with Gasteiger partial charge in [0.1, 0.15) is 17.3 Å². The maximum Gasteiger partial charge on any atom is 0.137 e. The Bertz CT molecular complexity index is 2400. The minimum Gasteiger partial charge on any atom is -0.457 e. The summed E-state index contributed by atoms with van der Waals surface area (Å²) in [4.78, 5) is 4.86. The first-order chi connectivity index (χ1) is 23.6. The summed E-state index contributed by atoms with van der Waals surface area (Å²) in [6.45, 7) is 6.40. The van der Waals surface area contributed by atoms with E-state index in [9.17, 15) is 0 Å². The molecule has 0 spiro atoms. The molecule has 5 heteroatoms. The van der Waals surface area contributed by atoms with Gasteiger partial charge < -0.3 is 4.74 Å². The number of nitrogens with zero attached hydrogens (tertiary/aromatic N) is 4. The van der Waals surface area contributed by atoms with E-state index < -0.39 is 0 Å². The highest BCUT2D eigenvalue weighted by Gasteiger charge is 2.17. The smallest absolute Gasteiger partial charge is 0.137 e. The van der Waals surface area contributed by atoms with Crippen LogP contribution in [-0.2, 0) is 6.42 Å². The van der Waals surface area contributed by atoms with E-state index in [2.05, 4.69) is 141 Å². The lowest BCUT2D eigenvalue weighted by atomic mass is 10.0. The molecule has 8 rings (SSSR count). The van der Waals surface area contributed by atoms with Gasteiger partial charge in [-0.25, -0.2) is 9.67 Å². The van der Waals surface area contributed by atoms with Gasteiger partial charge in [-0.15, -0.1) is 0 Å². The van der Waals surface area contributed by atoms with Crippen LogP contribution in [0, 0.1) is 13.8 Å². The fraction of sp³-hybridized carbons (Fsp3) is 0.116. The third-order valence-electron chi connectivity index (χ3n) is 9.07. The molecule has 0 fully saturated rings. The summed E-state index contributed by atoms with van der Waals surface area (Å²) in [6.07, 6.45) is 4.02. The predicted molar refractivity (Wildman–Crippen MR) is 197 cm³/mol. The van der Waals surface area contributed by atoms with E-state index in [-0.39, 0.29) is 0 Å². The van der Waals surface area contributed by atoms with Crippen LogP contribution < -0.4 is 4.74 Å². The second-order valence-corrected chi connectivity index (χ2v) is 12.3. The Hall–Kier alpha value is -5.94. The summed E-state index contributed by atoms with van der Waals surface area (Å²) in [5.74, 6) is 2.42. The van der Waals surface area contributed by atoms with E-state index in [1.54, 1.807) is 0 Å². The minimum atomic E-state index is 0.748. The van der Waals surface area contributed by atoms with Crippen LogP contribution in [0.5, 0.6) is 11.5 Å². The largest absolute Gasteiger partial charge is 0.457 e. The Balaban J connectivity index is 1.21. The van der Waals surface area contributed by atoms with Crippen LogP contribution in [0.4, 0.5) is 0 Å². The summed E-state index contributed by atoms with van der Waals surface area (Å²) in [5, 5.41) is 7.25. The number of hydrogen-bond donors (Lipinski definition) is 0. The Labute approximate surface area is 280 Å². The third kappa shape index (κ3) is 5.33. The summed E-state index contributed by atoms with van der Waals surface area (Å²) in [7, 11) is 0. The van der Waals surface area contributed by atoms with Crippen LogP contribution in [0.25, 0.3) is 55.6 Å². The van der Waals surface area contributed by atoms with E-state index in [4.69, 9.17) is 14.8 Å². The van der Waals surface area contributed by atoms with Crippen molar-refractivity contribution in [3.63, 3.8) is 0 Å². The third-order valence-corrected chi connectivity index (χ3v) is 9.07. The number of rotatable bonds is 8. The molecule has 0 atom stereocenters. The monoisotopic (exact) mass is 624 g/mol. The van der Waals surface area contributed by atoms with Gasteiger partial charge >= 0.3 is 0 Å². The van der Waals surface area contributed by atoms with Crippen LogP contribution in [0.3, 0.4) is 0 Å². The van der Waals surface area contributed by atoms with Crippen molar-refractivity contribution in [3.8, 4) is 45.3 Å². The number of ether oxygens (including phenoxy) is 1. The number of benzene rings is 5. The van der Waals surface area contributed by atoms with Crippen molar-refractivity contribution < 1.29 is 4.74 Å². The molecule has 48 heavy (non-hydrogen) atoms. The second-order valence-electron chi connectivity index (χ2n) is 12.3. The molecular formula is C43H36N4O. The van der Waals surface area contributed by atoms with E-state index >= 15 is 0 Å². The molecule has 0 aliphatic heterocycles. The standard InChI is InChI=1S/C43H36N4O/c1-4-12-31-23-24-44-42(25-31)46-40-22-19-34(32-13-7-5-8-14-32)26-39(40)38-21-20-37(28-41(38)46)48-36-18-11-17-35(27-36)47-30(3)43(29(2)45-47)33-15-9-6-10-16-33/h5-11,13-28H,4,12H2,1-3H3. The van der Waals surface area contributed by atoms with Crippen LogP contribution >= 0.6 is 0 Å². The van der Waals surface area contributed by atoms with E-state index in [0.717, 1.165) is 69.2 Å². The molecule has 3 aromatic heterocycles. The molecule has 0 radical (unpaired) electrons. The summed E-state index contributed by atoms with van der Waals surface area (Å²) < 4.78 is 10.8. The number of hydrogen-bond acceptors (Lipinski definition) is 3. The highest BCUT2D eigenvalue weighted by Crippen LogP contribution is 2.38. The fourth-order valence-corrected chi connectivity index (χ4v) is 6.88. The lowest BCUT2D eigenvalue weighted by molar-refractivity contribution is 0.482. The predicted octanol–water partition coefficient (Wildman–Crippen LogP) is 11.1. The molecule has 0 saturated heterocycles. The number of aromatic nitrogens is 4. The summed E-state index contributed by atoms with van der Waals surface area (Å²) in [5.41, 5.74) is 11.2. The number of fused-ring (bicyclic) bond motifs is 3. The molecule has 0 saturated carbocycles. The first-order valence-electron chi connectivity index (χ1n) is 16.6. The van der Waals surface area contributed by atoms with Crippen molar-refractivity contribution >= 4 is 21.8 Å². The molecule has 0 aliphatic rings. The first kappa shape index (κ1) is 29.5. The average Bonchev–Trinajstić information content (AvgIpc) is 3.61. The molecule has 0 aliphatic carbocycles. The van der Waals surface area contributed by atoms with E-state index in [1.165, 1.54) is 27.6 Å². The van der Waals surface area contributed by atoms with E-state index in [1.807, 2.05) is 29.1 Å². The Morgan fingerprint density at radius 2 is 1.40 bits per heavy atom. The van der Waals surface area contributed by atoms with Gasteiger partial charge in [0.15, 0.2) is 0 Å². The Morgan fingerprint density at radius 3 is 2.19 bits per heavy atom. The van der Waals surface area contributed by atoms with Crippen molar-refractivity contribution in [2.45, 2.75) is 33.6 Å².